The fourth-order valence-corrected chi connectivity index (χ4v) is 11.9. The van der Waals surface area contributed by atoms with Gasteiger partial charge in [0, 0.05) is 18.3 Å². The summed E-state index contributed by atoms with van der Waals surface area (Å²) < 4.78 is 195. The van der Waals surface area contributed by atoms with Gasteiger partial charge in [-0.25, -0.2) is 0 Å². The summed E-state index contributed by atoms with van der Waals surface area (Å²) in [6, 6.07) is 26.0. The maximum Gasteiger partial charge on any atom is 0.460 e. The molecule has 3 atom stereocenters. The summed E-state index contributed by atoms with van der Waals surface area (Å²) in [6.45, 7) is 8.65. The van der Waals surface area contributed by atoms with Crippen molar-refractivity contribution >= 4 is 14.6 Å². The topological polar surface area (TPSA) is 35.5 Å². The summed E-state index contributed by atoms with van der Waals surface area (Å²) >= 11 is 0. The van der Waals surface area contributed by atoms with Crippen molar-refractivity contribution in [3.8, 4) is 0 Å². The van der Waals surface area contributed by atoms with E-state index in [0.717, 1.165) is 0 Å². The first kappa shape index (κ1) is 47.9. The highest BCUT2D eigenvalue weighted by Crippen LogP contribution is 2.61. The minimum Gasteiger partial charge on any atom is -0.412 e. The molecule has 0 unspecified atom stereocenters. The lowest BCUT2D eigenvalue weighted by molar-refractivity contribution is -0.440. The molecule has 0 aromatic heterocycles. The lowest BCUT2D eigenvalue weighted by atomic mass is 9.80. The smallest absolute Gasteiger partial charge is 0.412 e. The first-order valence-corrected chi connectivity index (χ1v) is 20.3. The van der Waals surface area contributed by atoms with Gasteiger partial charge in [-0.15, -0.1) is 0 Å². The SMILES string of the molecule is CC(C)[Si](CCC(F)(F)C(F)(F)C(F)(F)C(F)(F)C(F)(F)C(F)(F)F)(O[C@@H]([C@@H](C)C=O)[C@@H](C)COC(c1ccccc1)(c1ccccc1)c1ccccc1)C(C)C. The Balaban J connectivity index is 2.06. The van der Waals surface area contributed by atoms with Gasteiger partial charge in [-0.1, -0.05) is 133 Å². The molecule has 0 N–H and O–H groups in total. The first-order valence-electron chi connectivity index (χ1n) is 18.0. The Morgan fingerprint density at radius 3 is 1.26 bits per heavy atom. The Labute approximate surface area is 324 Å². The normalized spacial score (nSPS) is 15.8. The average Bonchev–Trinajstić information content (AvgIpc) is 3.15. The molecule has 0 fully saturated rings. The molecule has 0 bridgehead atoms. The van der Waals surface area contributed by atoms with Crippen LogP contribution in [0, 0.1) is 11.8 Å². The zero-order valence-corrected chi connectivity index (χ0v) is 32.9. The Bertz CT molecular complexity index is 1620. The molecule has 3 aromatic rings. The van der Waals surface area contributed by atoms with E-state index >= 15 is 8.78 Å². The van der Waals surface area contributed by atoms with Crippen LogP contribution in [0.5, 0.6) is 0 Å². The van der Waals surface area contributed by atoms with E-state index in [2.05, 4.69) is 0 Å². The zero-order chi connectivity index (χ0) is 43.5. The molecule has 17 heteroatoms. The largest absolute Gasteiger partial charge is 0.460 e. The molecule has 0 spiro atoms. The predicted molar refractivity (Wildman–Crippen MR) is 191 cm³/mol. The van der Waals surface area contributed by atoms with Gasteiger partial charge in [0.1, 0.15) is 11.9 Å². The molecule has 0 heterocycles. The Morgan fingerprint density at radius 1 is 0.561 bits per heavy atom. The summed E-state index contributed by atoms with van der Waals surface area (Å²) in [7, 11) is -4.07. The lowest BCUT2D eigenvalue weighted by Gasteiger charge is -2.46. The number of rotatable bonds is 20. The summed E-state index contributed by atoms with van der Waals surface area (Å²) in [5.74, 6) is -39.2. The average molecular weight is 849 g/mol. The van der Waals surface area contributed by atoms with Gasteiger partial charge < -0.3 is 14.0 Å². The van der Waals surface area contributed by atoms with Gasteiger partial charge in [0.15, 0.2) is 8.32 Å². The van der Waals surface area contributed by atoms with E-state index in [4.69, 9.17) is 9.16 Å². The summed E-state index contributed by atoms with van der Waals surface area (Å²) in [6.07, 6.45) is -10.6. The fourth-order valence-electron chi connectivity index (χ4n) is 7.08. The second-order valence-electron chi connectivity index (χ2n) is 14.9. The molecule has 3 nitrogen and oxygen atoms in total. The molecule has 3 rings (SSSR count). The lowest BCUT2D eigenvalue weighted by Crippen LogP contribution is -2.70. The van der Waals surface area contributed by atoms with Gasteiger partial charge in [-0.2, -0.15) is 57.1 Å². The van der Waals surface area contributed by atoms with Crippen LogP contribution in [0.2, 0.25) is 17.1 Å². The molecule has 318 valence electrons. The second kappa shape index (κ2) is 17.4. The maximum atomic E-state index is 15.2. The Morgan fingerprint density at radius 2 is 0.930 bits per heavy atom. The van der Waals surface area contributed by atoms with E-state index in [-0.39, 0.29) is 6.61 Å². The van der Waals surface area contributed by atoms with Crippen LogP contribution >= 0.6 is 0 Å². The third kappa shape index (κ3) is 8.80. The minimum atomic E-state index is -7.99. The van der Waals surface area contributed by atoms with Gasteiger partial charge in [0.25, 0.3) is 0 Å². The number of ether oxygens (including phenoxy) is 1. The van der Waals surface area contributed by atoms with E-state index in [9.17, 15) is 53.1 Å². The predicted octanol–water partition coefficient (Wildman–Crippen LogP) is 12.7. The van der Waals surface area contributed by atoms with Crippen molar-refractivity contribution in [2.45, 2.75) is 113 Å². The molecular formula is C40H45F13O3Si. The molecule has 0 saturated carbocycles. The van der Waals surface area contributed by atoms with Crippen molar-refractivity contribution in [2.75, 3.05) is 6.61 Å². The van der Waals surface area contributed by atoms with Crippen LogP contribution in [-0.4, -0.2) is 63.1 Å². The van der Waals surface area contributed by atoms with Crippen molar-refractivity contribution in [1.82, 2.24) is 0 Å². The Kier molecular flexibility index (Phi) is 14.6. The number of carbonyl (C=O) groups excluding carboxylic acids is 1. The van der Waals surface area contributed by atoms with E-state index in [1.165, 1.54) is 34.6 Å². The van der Waals surface area contributed by atoms with E-state index in [1.54, 1.807) is 61.5 Å². The van der Waals surface area contributed by atoms with Gasteiger partial charge in [-0.3, -0.25) is 0 Å². The number of carbonyl (C=O) groups is 1. The quantitative estimate of drug-likeness (QED) is 0.0492. The van der Waals surface area contributed by atoms with E-state index in [0.29, 0.717) is 23.0 Å². The fraction of sp³-hybridized carbons (Fsp3) is 0.525. The molecule has 0 amide bonds. The molecular weight excluding hydrogens is 803 g/mol. The van der Waals surface area contributed by atoms with Crippen molar-refractivity contribution in [1.29, 1.82) is 0 Å². The summed E-state index contributed by atoms with van der Waals surface area (Å²) in [4.78, 5) is 12.3. The number of halogens is 13. The molecule has 57 heavy (non-hydrogen) atoms. The van der Waals surface area contributed by atoms with E-state index < -0.39 is 91.2 Å². The van der Waals surface area contributed by atoms with Crippen molar-refractivity contribution in [3.05, 3.63) is 108 Å². The first-order chi connectivity index (χ1) is 26.1. The molecule has 0 aliphatic heterocycles. The van der Waals surface area contributed by atoms with Crippen molar-refractivity contribution < 1.29 is 71.0 Å². The van der Waals surface area contributed by atoms with Gasteiger partial charge in [-0.05, 0) is 33.8 Å². The number of hydrogen-bond donors (Lipinski definition) is 0. The van der Waals surface area contributed by atoms with Crippen LogP contribution in [-0.2, 0) is 19.6 Å². The number of benzene rings is 3. The van der Waals surface area contributed by atoms with E-state index in [1.807, 2.05) is 36.4 Å². The summed E-state index contributed by atoms with van der Waals surface area (Å²) in [5, 5.41) is 0. The highest BCUT2D eigenvalue weighted by Gasteiger charge is 2.90. The van der Waals surface area contributed by atoms with Crippen molar-refractivity contribution in [2.24, 2.45) is 11.8 Å². The highest BCUT2D eigenvalue weighted by atomic mass is 28.4. The zero-order valence-electron chi connectivity index (χ0n) is 31.9. The van der Waals surface area contributed by atoms with Crippen LogP contribution < -0.4 is 0 Å². The van der Waals surface area contributed by atoms with Crippen LogP contribution in [0.1, 0.15) is 64.7 Å². The molecule has 0 aliphatic carbocycles. The van der Waals surface area contributed by atoms with Gasteiger partial charge in [0.05, 0.1) is 12.7 Å². The Hall–Kier alpha value is -3.44. The highest BCUT2D eigenvalue weighted by molar-refractivity contribution is 6.76. The third-order valence-corrected chi connectivity index (χ3v) is 16.2. The monoisotopic (exact) mass is 848 g/mol. The van der Waals surface area contributed by atoms with Crippen LogP contribution in [0.15, 0.2) is 91.0 Å². The van der Waals surface area contributed by atoms with Crippen LogP contribution in [0.4, 0.5) is 57.1 Å². The van der Waals surface area contributed by atoms with Gasteiger partial charge >= 0.3 is 35.8 Å². The third-order valence-electron chi connectivity index (χ3n) is 10.5. The second-order valence-corrected chi connectivity index (χ2v) is 19.9. The maximum absolute atomic E-state index is 15.2. The summed E-state index contributed by atoms with van der Waals surface area (Å²) in [5.41, 5.74) is -0.817. The molecule has 0 saturated heterocycles. The molecule has 0 aliphatic rings. The standard InChI is InChI=1S/C40H45F13O3Si/c1-26(2)57(27(3)4,23-22-34(41,42)36(43,44)37(45,46)38(47,48)39(49,50)40(51,52)53)56-33(28(5)24-54)29(6)25-55-35(30-16-10-7-11-17-30,31-18-12-8-13-19-31)32-20-14-9-15-21-32/h7-21,24,26-29,33H,22-23,25H2,1-6H3/t28-,29-,33-/m0/s1. The molecule has 0 radical (unpaired) electrons. The number of hydrogen-bond acceptors (Lipinski definition) is 3. The number of alkyl halides is 13. The van der Waals surface area contributed by atoms with Crippen molar-refractivity contribution in [3.63, 3.8) is 0 Å². The molecule has 3 aromatic carbocycles. The number of aldehydes is 1. The van der Waals surface area contributed by atoms with Gasteiger partial charge in [0.2, 0.25) is 0 Å². The van der Waals surface area contributed by atoms with Crippen LogP contribution in [0.25, 0.3) is 0 Å². The minimum absolute atomic E-state index is 0.189. The van der Waals surface area contributed by atoms with Crippen LogP contribution in [0.3, 0.4) is 0 Å².